The molecule has 0 saturated carbocycles. The van der Waals surface area contributed by atoms with Crippen LogP contribution in [0.25, 0.3) is 5.70 Å². The van der Waals surface area contributed by atoms with Crippen LogP contribution in [0.2, 0.25) is 0 Å². The molecule has 1 aliphatic heterocycles. The van der Waals surface area contributed by atoms with Gasteiger partial charge in [0.25, 0.3) is 15.6 Å². The van der Waals surface area contributed by atoms with E-state index in [4.69, 9.17) is 11.6 Å². The minimum Gasteiger partial charge on any atom is -0.483 e. The van der Waals surface area contributed by atoms with Crippen LogP contribution >= 0.6 is 0 Å². The molecule has 1 aromatic heterocycles. The summed E-state index contributed by atoms with van der Waals surface area (Å²) in [6.07, 6.45) is 3.27. The average Bonchev–Trinajstić information content (AvgIpc) is 2.78. The molecule has 0 atom stereocenters. The number of fused-ring (bicyclic) bond motifs is 1. The van der Waals surface area contributed by atoms with Crippen molar-refractivity contribution in [1.29, 1.82) is 0 Å². The van der Waals surface area contributed by atoms with E-state index in [1.54, 1.807) is 38.3 Å². The molecule has 148 valence electrons. The van der Waals surface area contributed by atoms with E-state index < -0.39 is 51.5 Å². The Morgan fingerprint density at radius 2 is 1.86 bits per heavy atom. The van der Waals surface area contributed by atoms with Crippen LogP contribution in [0.3, 0.4) is 0 Å². The molecule has 0 unspecified atom stereocenters. The second-order valence-electron chi connectivity index (χ2n) is 6.91. The van der Waals surface area contributed by atoms with Crippen molar-refractivity contribution in [3.63, 3.8) is 0 Å². The van der Waals surface area contributed by atoms with Crippen molar-refractivity contribution < 1.29 is 20.0 Å². The first-order valence-electron chi connectivity index (χ1n) is 11.2. The van der Waals surface area contributed by atoms with Crippen molar-refractivity contribution in [1.82, 2.24) is 4.57 Å². The first-order chi connectivity index (χ1) is 15.8. The lowest BCUT2D eigenvalue weighted by molar-refractivity contribution is 0.157. The number of sulfonamides is 1. The third-order valence-corrected chi connectivity index (χ3v) is 5.56. The second kappa shape index (κ2) is 6.93. The number of benzene rings is 2. The molecule has 0 amide bonds. The lowest BCUT2D eigenvalue weighted by atomic mass is 9.99. The quantitative estimate of drug-likeness (QED) is 0.707. The van der Waals surface area contributed by atoms with E-state index in [2.05, 4.69) is 4.72 Å². The molecule has 7 heteroatoms. The number of nitrogens with one attached hydrogen (secondary N) is 1. The zero-order valence-corrected chi connectivity index (χ0v) is 16.4. The maximum Gasteiger partial charge on any atom is 0.261 e. The van der Waals surface area contributed by atoms with Crippen molar-refractivity contribution in [2.24, 2.45) is 0 Å². The summed E-state index contributed by atoms with van der Waals surface area (Å²) in [4.78, 5) is 12.2. The summed E-state index contributed by atoms with van der Waals surface area (Å²) >= 11 is 0. The van der Waals surface area contributed by atoms with Gasteiger partial charge in [0.1, 0.15) is 11.4 Å². The maximum atomic E-state index is 13.2. The zero-order valence-electron chi connectivity index (χ0n) is 20.6. The summed E-state index contributed by atoms with van der Waals surface area (Å²) in [6.45, 7) is 3.60. The molecule has 4 rings (SSSR count). The van der Waals surface area contributed by atoms with Crippen LogP contribution in [0, 0.1) is 0 Å². The molecule has 2 heterocycles. The summed E-state index contributed by atoms with van der Waals surface area (Å²) in [5.41, 5.74) is -0.879. The number of hydrogen-bond donors (Lipinski definition) is 1. The van der Waals surface area contributed by atoms with Gasteiger partial charge in [0.2, 0.25) is 0 Å². The van der Waals surface area contributed by atoms with Crippen LogP contribution in [0.15, 0.2) is 88.6 Å². The van der Waals surface area contributed by atoms with Crippen molar-refractivity contribution in [2.45, 2.75) is 24.3 Å². The molecule has 0 spiro atoms. The molecule has 2 aromatic carbocycles. The number of aromatic nitrogens is 1. The Labute approximate surface area is 176 Å². The predicted molar refractivity (Wildman–Crippen MR) is 112 cm³/mol. The predicted octanol–water partition coefficient (Wildman–Crippen LogP) is 3.71. The number of anilines is 1. The Morgan fingerprint density at radius 1 is 1.10 bits per heavy atom. The van der Waals surface area contributed by atoms with Crippen LogP contribution < -0.4 is 15.0 Å². The van der Waals surface area contributed by atoms with Crippen LogP contribution in [0.5, 0.6) is 5.75 Å². The van der Waals surface area contributed by atoms with Crippen molar-refractivity contribution in [2.75, 3.05) is 4.72 Å². The third-order valence-electron chi connectivity index (χ3n) is 4.21. The highest BCUT2D eigenvalue weighted by Gasteiger charge is 2.29. The summed E-state index contributed by atoms with van der Waals surface area (Å²) in [5.74, 6) is 0.361. The normalized spacial score (nSPS) is 17.4. The molecule has 0 aliphatic carbocycles. The fraction of sp³-hybridized carbons (Fsp3) is 0.136. The minimum atomic E-state index is -4.37. The zero-order chi connectivity index (χ0) is 25.0. The number of para-hydroxylation sites is 1. The monoisotopic (exact) mass is 413 g/mol. The highest BCUT2D eigenvalue weighted by molar-refractivity contribution is 7.92. The van der Waals surface area contributed by atoms with E-state index in [-0.39, 0.29) is 10.5 Å². The van der Waals surface area contributed by atoms with Gasteiger partial charge in [-0.3, -0.25) is 14.1 Å². The second-order valence-corrected chi connectivity index (χ2v) is 8.59. The maximum absolute atomic E-state index is 13.2. The molecular weight excluding hydrogens is 388 g/mol. The number of hydrogen-bond acceptors (Lipinski definition) is 4. The van der Waals surface area contributed by atoms with Crippen molar-refractivity contribution in [3.05, 3.63) is 94.8 Å². The van der Waals surface area contributed by atoms with E-state index in [9.17, 15) is 13.2 Å². The SMILES string of the molecule is [2H]c1c([2H])c([2H])c(NS(=O)(=O)c2ccc3c(c2)C(n2ccccc2=O)=CC(C)(C)O3)c([2H])c1[2H]. The van der Waals surface area contributed by atoms with E-state index >= 15 is 0 Å². The summed E-state index contributed by atoms with van der Waals surface area (Å²) < 4.78 is 74.9. The Bertz CT molecular complexity index is 1500. The highest BCUT2D eigenvalue weighted by Crippen LogP contribution is 2.37. The fourth-order valence-corrected chi connectivity index (χ4v) is 4.01. The summed E-state index contributed by atoms with van der Waals surface area (Å²) in [7, 11) is -4.37. The average molecular weight is 414 g/mol. The van der Waals surface area contributed by atoms with Gasteiger partial charge < -0.3 is 4.74 Å². The van der Waals surface area contributed by atoms with Gasteiger partial charge in [-0.25, -0.2) is 8.42 Å². The lowest BCUT2D eigenvalue weighted by Crippen LogP contribution is -2.32. The van der Waals surface area contributed by atoms with E-state index in [1.807, 2.05) is 0 Å². The van der Waals surface area contributed by atoms with Crippen LogP contribution in [0.1, 0.15) is 26.3 Å². The Hall–Kier alpha value is -3.32. The number of ether oxygens (including phenoxy) is 1. The smallest absolute Gasteiger partial charge is 0.261 e. The minimum absolute atomic E-state index is 0.240. The van der Waals surface area contributed by atoms with Gasteiger partial charge in [0.05, 0.1) is 17.4 Å². The number of nitrogens with zero attached hydrogens (tertiary/aromatic N) is 1. The molecule has 0 radical (unpaired) electrons. The van der Waals surface area contributed by atoms with Gasteiger partial charge in [-0.15, -0.1) is 0 Å². The first kappa shape index (κ1) is 13.8. The van der Waals surface area contributed by atoms with E-state index in [0.717, 1.165) is 0 Å². The van der Waals surface area contributed by atoms with Crippen LogP contribution in [0.4, 0.5) is 5.69 Å². The standard InChI is InChI=1S/C22H20N2O4S/c1-22(2)15-19(24-13-7-6-10-21(24)25)18-14-17(11-12-20(18)28-22)29(26,27)23-16-8-4-3-5-9-16/h3-15,23H,1-2H3/i3D,4D,5D,8D,9D. The number of rotatable bonds is 4. The molecule has 29 heavy (non-hydrogen) atoms. The Kier molecular flexibility index (Phi) is 3.30. The molecule has 6 nitrogen and oxygen atoms in total. The molecule has 0 fully saturated rings. The lowest BCUT2D eigenvalue weighted by Gasteiger charge is -2.31. The van der Waals surface area contributed by atoms with Gasteiger partial charge in [0, 0.05) is 23.5 Å². The topological polar surface area (TPSA) is 77.4 Å². The highest BCUT2D eigenvalue weighted by atomic mass is 32.2. The van der Waals surface area contributed by atoms with E-state index in [1.165, 1.54) is 28.8 Å². The molecule has 0 bridgehead atoms. The molecule has 1 aliphatic rings. The fourth-order valence-electron chi connectivity index (χ4n) is 3.01. The van der Waals surface area contributed by atoms with Gasteiger partial charge in [-0.05, 0) is 56.3 Å². The number of pyridine rings is 1. The van der Waals surface area contributed by atoms with Crippen molar-refractivity contribution >= 4 is 21.4 Å². The summed E-state index contributed by atoms with van der Waals surface area (Å²) in [5, 5.41) is 0. The largest absolute Gasteiger partial charge is 0.483 e. The van der Waals surface area contributed by atoms with Gasteiger partial charge in [-0.1, -0.05) is 24.2 Å². The van der Waals surface area contributed by atoms with Crippen LogP contribution in [-0.4, -0.2) is 18.6 Å². The van der Waals surface area contributed by atoms with Gasteiger partial charge in [-0.2, -0.15) is 0 Å². The molecule has 3 aromatic rings. The Balaban J connectivity index is 1.84. The van der Waals surface area contributed by atoms with Gasteiger partial charge in [0.15, 0.2) is 0 Å². The molecule has 1 N–H and O–H groups in total. The van der Waals surface area contributed by atoms with E-state index in [0.29, 0.717) is 17.0 Å². The first-order valence-corrected chi connectivity index (χ1v) is 10.1. The van der Waals surface area contributed by atoms with Crippen molar-refractivity contribution in [3.8, 4) is 5.75 Å². The van der Waals surface area contributed by atoms with Crippen LogP contribution in [-0.2, 0) is 10.0 Å². The third kappa shape index (κ3) is 3.82. The summed E-state index contributed by atoms with van der Waals surface area (Å²) in [6, 6.07) is 5.40. The molecular formula is C22H20N2O4S. The Morgan fingerprint density at radius 3 is 2.59 bits per heavy atom. The van der Waals surface area contributed by atoms with Gasteiger partial charge >= 0.3 is 0 Å². The molecule has 0 saturated heterocycles.